The number of anilines is 1. The lowest BCUT2D eigenvalue weighted by atomic mass is 9.53. The van der Waals surface area contributed by atoms with Gasteiger partial charge < -0.3 is 20.7 Å². The number of pyridine rings is 2. The Morgan fingerprint density at radius 2 is 1.84 bits per heavy atom. The van der Waals surface area contributed by atoms with Gasteiger partial charge in [0.2, 0.25) is 5.88 Å². The molecule has 1 aliphatic heterocycles. The molecule has 3 fully saturated rings. The molecule has 0 unspecified atom stereocenters. The molecule has 0 radical (unpaired) electrons. The van der Waals surface area contributed by atoms with Crippen LogP contribution >= 0.6 is 0 Å². The summed E-state index contributed by atoms with van der Waals surface area (Å²) in [6, 6.07) is 7.00. The van der Waals surface area contributed by atoms with Crippen LogP contribution in [0.1, 0.15) is 59.2 Å². The number of halogens is 2. The van der Waals surface area contributed by atoms with Crippen LogP contribution in [0.4, 0.5) is 14.5 Å². The maximum atomic E-state index is 13.5. The number of hydrogen-bond acceptors (Lipinski definition) is 6. The first kappa shape index (κ1) is 23.6. The summed E-state index contributed by atoms with van der Waals surface area (Å²) in [6.07, 6.45) is 7.98. The van der Waals surface area contributed by atoms with Gasteiger partial charge in [-0.05, 0) is 55.4 Å². The second-order valence-corrected chi connectivity index (χ2v) is 10.6. The van der Waals surface area contributed by atoms with E-state index in [4.69, 9.17) is 10.5 Å². The van der Waals surface area contributed by atoms with Crippen molar-refractivity contribution in [3.8, 4) is 5.88 Å². The number of nitrogens with two attached hydrogens (primary N) is 1. The van der Waals surface area contributed by atoms with Crippen LogP contribution in [0.5, 0.6) is 5.88 Å². The monoisotopic (exact) mass is 510 g/mol. The van der Waals surface area contributed by atoms with Gasteiger partial charge >= 0.3 is 0 Å². The zero-order valence-corrected chi connectivity index (χ0v) is 20.2. The first-order valence-electron chi connectivity index (χ1n) is 12.5. The summed E-state index contributed by atoms with van der Waals surface area (Å²) < 4.78 is 34.5. The van der Waals surface area contributed by atoms with Gasteiger partial charge in [-0.3, -0.25) is 9.59 Å². The number of fused-ring (bicyclic) bond motifs is 1. The molecule has 3 N–H and O–H groups in total. The number of carbonyl (C=O) groups is 2. The number of ether oxygens (including phenoxy) is 1. The van der Waals surface area contributed by atoms with E-state index in [1.165, 1.54) is 0 Å². The third kappa shape index (κ3) is 4.47. The molecule has 0 bridgehead atoms. The lowest BCUT2D eigenvalue weighted by molar-refractivity contribution is -0.0848. The van der Waals surface area contributed by atoms with Crippen molar-refractivity contribution in [3.05, 3.63) is 54.0 Å². The van der Waals surface area contributed by atoms with Crippen molar-refractivity contribution in [3.63, 3.8) is 0 Å². The van der Waals surface area contributed by atoms with E-state index in [2.05, 4.69) is 15.4 Å². The van der Waals surface area contributed by atoms with Gasteiger partial charge in [0, 0.05) is 38.2 Å². The molecule has 0 aromatic carbocycles. The highest BCUT2D eigenvalue weighted by atomic mass is 19.3. The van der Waals surface area contributed by atoms with Gasteiger partial charge in [-0.15, -0.1) is 0 Å². The van der Waals surface area contributed by atoms with E-state index in [0.29, 0.717) is 11.1 Å². The molecule has 11 heteroatoms. The second kappa shape index (κ2) is 8.67. The van der Waals surface area contributed by atoms with E-state index in [1.54, 1.807) is 35.2 Å². The summed E-state index contributed by atoms with van der Waals surface area (Å²) in [6.45, 7) is 0.577. The SMILES string of the molecule is NC(=O)c1cccnc1OC1CC2(CC(NC(=O)c3cnn4cc(N5CCC(F)(F)CC5)ccc34)C2)C1. The van der Waals surface area contributed by atoms with Crippen LogP contribution in [0.3, 0.4) is 0 Å². The van der Waals surface area contributed by atoms with Crippen LogP contribution in [0.15, 0.2) is 42.9 Å². The normalized spacial score (nSPS) is 26.4. The standard InChI is InChI=1S/C26H28F2N6O3/c27-26(28)5-8-33(9-6-26)17-3-4-21-20(14-31-34(21)15-17)23(36)32-16-10-25(11-16)12-18(13-25)37-24-19(22(29)35)2-1-7-30-24/h1-4,7,14-16,18H,5-6,8-13H2,(H2,29,35)(H,32,36). The van der Waals surface area contributed by atoms with Gasteiger partial charge in [0.15, 0.2) is 0 Å². The number of primary amides is 1. The molecule has 194 valence electrons. The van der Waals surface area contributed by atoms with Gasteiger partial charge in [-0.25, -0.2) is 18.3 Å². The minimum absolute atomic E-state index is 0.0235. The zero-order chi connectivity index (χ0) is 25.8. The predicted octanol–water partition coefficient (Wildman–Crippen LogP) is 3.18. The highest BCUT2D eigenvalue weighted by Crippen LogP contribution is 2.56. The minimum atomic E-state index is -2.60. The van der Waals surface area contributed by atoms with Crippen LogP contribution in [0, 0.1) is 5.41 Å². The number of amides is 2. The molecule has 3 aliphatic rings. The maximum absolute atomic E-state index is 13.5. The van der Waals surface area contributed by atoms with E-state index in [-0.39, 0.29) is 60.8 Å². The molecule has 3 aromatic rings. The average molecular weight is 511 g/mol. The van der Waals surface area contributed by atoms with Crippen molar-refractivity contribution in [2.75, 3.05) is 18.0 Å². The third-order valence-corrected chi connectivity index (χ3v) is 7.94. The van der Waals surface area contributed by atoms with Crippen LogP contribution in [-0.2, 0) is 0 Å². The highest BCUT2D eigenvalue weighted by Gasteiger charge is 2.54. The summed E-state index contributed by atoms with van der Waals surface area (Å²) in [5.74, 6) is -3.07. The quantitative estimate of drug-likeness (QED) is 0.527. The van der Waals surface area contributed by atoms with E-state index < -0.39 is 11.8 Å². The Hall–Kier alpha value is -3.76. The fourth-order valence-corrected chi connectivity index (χ4v) is 5.93. The van der Waals surface area contributed by atoms with Gasteiger partial charge in [0.05, 0.1) is 29.2 Å². The van der Waals surface area contributed by atoms with Crippen LogP contribution < -0.4 is 20.7 Å². The molecule has 2 saturated carbocycles. The van der Waals surface area contributed by atoms with Crippen molar-refractivity contribution in [2.24, 2.45) is 11.1 Å². The first-order valence-corrected chi connectivity index (χ1v) is 12.5. The smallest absolute Gasteiger partial charge is 0.255 e. The molecule has 2 aliphatic carbocycles. The second-order valence-electron chi connectivity index (χ2n) is 10.6. The number of piperidine rings is 1. The van der Waals surface area contributed by atoms with Crippen LogP contribution in [0.25, 0.3) is 5.52 Å². The number of carbonyl (C=O) groups excluding carboxylic acids is 2. The van der Waals surface area contributed by atoms with Gasteiger partial charge in [0.1, 0.15) is 11.7 Å². The molecule has 6 rings (SSSR count). The fourth-order valence-electron chi connectivity index (χ4n) is 5.93. The van der Waals surface area contributed by atoms with Crippen molar-refractivity contribution in [1.82, 2.24) is 19.9 Å². The lowest BCUT2D eigenvalue weighted by Gasteiger charge is -2.57. The number of hydrogen-bond donors (Lipinski definition) is 2. The Kier molecular flexibility index (Phi) is 5.54. The zero-order valence-electron chi connectivity index (χ0n) is 20.2. The molecule has 4 heterocycles. The predicted molar refractivity (Wildman–Crippen MR) is 131 cm³/mol. The van der Waals surface area contributed by atoms with E-state index in [0.717, 1.165) is 31.4 Å². The molecule has 9 nitrogen and oxygen atoms in total. The number of nitrogens with one attached hydrogen (secondary N) is 1. The van der Waals surface area contributed by atoms with E-state index in [9.17, 15) is 18.4 Å². The number of rotatable bonds is 6. The number of alkyl halides is 2. The first-order chi connectivity index (χ1) is 17.7. The Morgan fingerprint density at radius 1 is 1.08 bits per heavy atom. The largest absolute Gasteiger partial charge is 0.474 e. The minimum Gasteiger partial charge on any atom is -0.474 e. The summed E-state index contributed by atoms with van der Waals surface area (Å²) in [5.41, 5.74) is 7.80. The molecule has 37 heavy (non-hydrogen) atoms. The van der Waals surface area contributed by atoms with Crippen molar-refractivity contribution in [1.29, 1.82) is 0 Å². The third-order valence-electron chi connectivity index (χ3n) is 7.94. The molecule has 2 amide bonds. The Labute approximate surface area is 212 Å². The Bertz CT molecular complexity index is 1350. The molecular formula is C26H28F2N6O3. The molecule has 1 saturated heterocycles. The highest BCUT2D eigenvalue weighted by molar-refractivity contribution is 6.01. The van der Waals surface area contributed by atoms with Crippen molar-refractivity contribution in [2.45, 2.75) is 56.6 Å². The number of aromatic nitrogens is 3. The van der Waals surface area contributed by atoms with Crippen molar-refractivity contribution < 1.29 is 23.1 Å². The molecular weight excluding hydrogens is 482 g/mol. The molecule has 1 spiro atoms. The fraction of sp³-hybridized carbons (Fsp3) is 0.462. The van der Waals surface area contributed by atoms with Crippen molar-refractivity contribution >= 4 is 23.0 Å². The van der Waals surface area contributed by atoms with Crippen LogP contribution in [-0.4, -0.2) is 57.6 Å². The summed E-state index contributed by atoms with van der Waals surface area (Å²) in [7, 11) is 0. The average Bonchev–Trinajstić information content (AvgIpc) is 3.25. The van der Waals surface area contributed by atoms with E-state index in [1.807, 2.05) is 17.0 Å². The Balaban J connectivity index is 1.02. The topological polar surface area (TPSA) is 115 Å². The Morgan fingerprint density at radius 3 is 2.57 bits per heavy atom. The summed E-state index contributed by atoms with van der Waals surface area (Å²) in [4.78, 5) is 30.6. The van der Waals surface area contributed by atoms with Gasteiger partial charge in [0.25, 0.3) is 17.7 Å². The maximum Gasteiger partial charge on any atom is 0.255 e. The van der Waals surface area contributed by atoms with E-state index >= 15 is 0 Å². The summed E-state index contributed by atoms with van der Waals surface area (Å²) in [5, 5.41) is 7.44. The number of nitrogens with zero attached hydrogens (tertiary/aromatic N) is 4. The summed E-state index contributed by atoms with van der Waals surface area (Å²) >= 11 is 0. The lowest BCUT2D eigenvalue weighted by Crippen LogP contribution is -2.58. The van der Waals surface area contributed by atoms with Crippen LogP contribution in [0.2, 0.25) is 0 Å². The molecule has 0 atom stereocenters. The molecule has 3 aromatic heterocycles. The van der Waals surface area contributed by atoms with Gasteiger partial charge in [-0.1, -0.05) is 0 Å². The van der Waals surface area contributed by atoms with Gasteiger partial charge in [-0.2, -0.15) is 5.10 Å².